The summed E-state index contributed by atoms with van der Waals surface area (Å²) in [4.78, 5) is 13.0. The quantitative estimate of drug-likeness (QED) is 0.884. The van der Waals surface area contributed by atoms with E-state index in [0.717, 1.165) is 25.2 Å². The molecule has 1 aromatic carbocycles. The highest BCUT2D eigenvalue weighted by Crippen LogP contribution is 2.35. The van der Waals surface area contributed by atoms with Crippen LogP contribution in [0.25, 0.3) is 0 Å². The maximum atomic E-state index is 13.0. The summed E-state index contributed by atoms with van der Waals surface area (Å²) in [6.07, 6.45) is -4.60. The highest BCUT2D eigenvalue weighted by molar-refractivity contribution is 5.95. The summed E-state index contributed by atoms with van der Waals surface area (Å²) >= 11 is 0. The fraction of sp³-hybridized carbons (Fsp3) is 0.462. The molecule has 0 bridgehead atoms. The third-order valence-corrected chi connectivity index (χ3v) is 3.45. The van der Waals surface area contributed by atoms with Gasteiger partial charge in [0.1, 0.15) is 0 Å². The fourth-order valence-electron chi connectivity index (χ4n) is 2.31. The van der Waals surface area contributed by atoms with Gasteiger partial charge in [-0.15, -0.1) is 0 Å². The van der Waals surface area contributed by atoms with E-state index >= 15 is 0 Å². The number of primary amides is 1. The number of nitrogens with one attached hydrogen (secondary N) is 1. The highest BCUT2D eigenvalue weighted by Gasteiger charge is 2.36. The van der Waals surface area contributed by atoms with Crippen molar-refractivity contribution in [3.8, 4) is 0 Å². The molecular weight excluding hydrogens is 271 g/mol. The number of amides is 1. The van der Waals surface area contributed by atoms with Gasteiger partial charge in [0.2, 0.25) is 5.91 Å². The van der Waals surface area contributed by atoms with Crippen LogP contribution < -0.4 is 16.0 Å². The van der Waals surface area contributed by atoms with Crippen LogP contribution in [0.2, 0.25) is 0 Å². The number of nitrogens with two attached hydrogens (primary N) is 1. The standard InChI is InChI=1S/C13H16F3N3O/c1-2-19(9-6-18-7-9)8-3-4-10(12(17)20)11(5-8)13(14,15)16/h3-5,9,18H,2,6-7H2,1H3,(H2,17,20). The Kier molecular flexibility index (Phi) is 3.89. The van der Waals surface area contributed by atoms with Crippen LogP contribution in [0.1, 0.15) is 22.8 Å². The summed E-state index contributed by atoms with van der Waals surface area (Å²) in [5.41, 5.74) is 3.98. The predicted molar refractivity (Wildman–Crippen MR) is 69.6 cm³/mol. The van der Waals surface area contributed by atoms with Gasteiger partial charge in [0.25, 0.3) is 0 Å². The van der Waals surface area contributed by atoms with Gasteiger partial charge in [-0.25, -0.2) is 0 Å². The van der Waals surface area contributed by atoms with E-state index in [9.17, 15) is 18.0 Å². The molecule has 1 aromatic rings. The zero-order valence-corrected chi connectivity index (χ0v) is 11.0. The first kappa shape index (κ1) is 14.6. The molecule has 2 rings (SSSR count). The fourth-order valence-corrected chi connectivity index (χ4v) is 2.31. The molecular formula is C13H16F3N3O. The lowest BCUT2D eigenvalue weighted by molar-refractivity contribution is -0.137. The van der Waals surface area contributed by atoms with Gasteiger partial charge in [-0.1, -0.05) is 0 Å². The van der Waals surface area contributed by atoms with Crippen LogP contribution in [0.4, 0.5) is 18.9 Å². The van der Waals surface area contributed by atoms with Crippen molar-refractivity contribution in [1.29, 1.82) is 0 Å². The number of rotatable bonds is 4. The molecule has 3 N–H and O–H groups in total. The van der Waals surface area contributed by atoms with Gasteiger partial charge >= 0.3 is 6.18 Å². The van der Waals surface area contributed by atoms with Crippen LogP contribution in [0, 0.1) is 0 Å². The number of anilines is 1. The van der Waals surface area contributed by atoms with Gasteiger partial charge in [-0.2, -0.15) is 13.2 Å². The first-order valence-electron chi connectivity index (χ1n) is 6.33. The molecule has 0 aliphatic carbocycles. The largest absolute Gasteiger partial charge is 0.417 e. The van der Waals surface area contributed by atoms with E-state index in [2.05, 4.69) is 5.32 Å². The van der Waals surface area contributed by atoms with E-state index < -0.39 is 23.2 Å². The van der Waals surface area contributed by atoms with Crippen LogP contribution >= 0.6 is 0 Å². The SMILES string of the molecule is CCN(c1ccc(C(N)=O)c(C(F)(F)F)c1)C1CNC1. The number of likely N-dealkylation sites (N-methyl/N-ethyl adjacent to an activating group) is 1. The molecule has 0 aromatic heterocycles. The van der Waals surface area contributed by atoms with Gasteiger partial charge in [0.15, 0.2) is 0 Å². The minimum Gasteiger partial charge on any atom is -0.366 e. The predicted octanol–water partition coefficient (Wildman–Crippen LogP) is 1.60. The van der Waals surface area contributed by atoms with Crippen molar-refractivity contribution >= 4 is 11.6 Å². The summed E-state index contributed by atoms with van der Waals surface area (Å²) < 4.78 is 39.0. The van der Waals surface area contributed by atoms with Crippen molar-refractivity contribution in [3.63, 3.8) is 0 Å². The Labute approximate surface area is 114 Å². The van der Waals surface area contributed by atoms with Crippen LogP contribution in [0.5, 0.6) is 0 Å². The molecule has 0 atom stereocenters. The van der Waals surface area contributed by atoms with E-state index in [1.807, 2.05) is 11.8 Å². The highest BCUT2D eigenvalue weighted by atomic mass is 19.4. The molecule has 1 saturated heterocycles. The Bertz CT molecular complexity index is 512. The molecule has 1 heterocycles. The van der Waals surface area contributed by atoms with Gasteiger partial charge in [-0.05, 0) is 25.1 Å². The third-order valence-electron chi connectivity index (χ3n) is 3.45. The number of halogens is 3. The first-order valence-corrected chi connectivity index (χ1v) is 6.33. The van der Waals surface area contributed by atoms with Crippen molar-refractivity contribution in [3.05, 3.63) is 29.3 Å². The minimum absolute atomic E-state index is 0.181. The second-order valence-corrected chi connectivity index (χ2v) is 4.69. The van der Waals surface area contributed by atoms with Crippen LogP contribution in [-0.2, 0) is 6.18 Å². The summed E-state index contributed by atoms with van der Waals surface area (Å²) in [5, 5.41) is 3.08. The van der Waals surface area contributed by atoms with E-state index in [4.69, 9.17) is 5.73 Å². The summed E-state index contributed by atoms with van der Waals surface area (Å²) in [6.45, 7) is 3.96. The van der Waals surface area contributed by atoms with Crippen molar-refractivity contribution in [2.45, 2.75) is 19.1 Å². The van der Waals surface area contributed by atoms with Crippen LogP contribution in [-0.4, -0.2) is 31.6 Å². The first-order chi connectivity index (χ1) is 9.34. The molecule has 7 heteroatoms. The van der Waals surface area contributed by atoms with Crippen molar-refractivity contribution in [2.75, 3.05) is 24.5 Å². The van der Waals surface area contributed by atoms with Crippen LogP contribution in [0.15, 0.2) is 18.2 Å². The lowest BCUT2D eigenvalue weighted by atomic mass is 10.0. The van der Waals surface area contributed by atoms with Crippen LogP contribution in [0.3, 0.4) is 0 Å². The monoisotopic (exact) mass is 287 g/mol. The minimum atomic E-state index is -4.60. The molecule has 1 fully saturated rings. The van der Waals surface area contributed by atoms with E-state index in [0.29, 0.717) is 12.2 Å². The summed E-state index contributed by atoms with van der Waals surface area (Å²) in [7, 11) is 0. The maximum Gasteiger partial charge on any atom is 0.417 e. The molecule has 0 radical (unpaired) electrons. The molecule has 1 amide bonds. The van der Waals surface area contributed by atoms with Crippen molar-refractivity contribution in [2.24, 2.45) is 5.73 Å². The zero-order chi connectivity index (χ0) is 14.9. The third kappa shape index (κ3) is 2.72. The Balaban J connectivity index is 2.43. The number of nitrogens with zero attached hydrogens (tertiary/aromatic N) is 1. The number of hydrogen-bond acceptors (Lipinski definition) is 3. The number of alkyl halides is 3. The summed E-state index contributed by atoms with van der Waals surface area (Å²) in [6, 6.07) is 3.84. The average Bonchev–Trinajstić information content (AvgIpc) is 2.31. The lowest BCUT2D eigenvalue weighted by Crippen LogP contribution is -2.57. The number of carbonyl (C=O) groups excluding carboxylic acids is 1. The average molecular weight is 287 g/mol. The van der Waals surface area contributed by atoms with Crippen molar-refractivity contribution < 1.29 is 18.0 Å². The number of carbonyl (C=O) groups is 1. The van der Waals surface area contributed by atoms with E-state index in [1.165, 1.54) is 6.07 Å². The van der Waals surface area contributed by atoms with Gasteiger partial charge in [0.05, 0.1) is 17.2 Å². The molecule has 4 nitrogen and oxygen atoms in total. The Morgan fingerprint density at radius 3 is 2.50 bits per heavy atom. The molecule has 1 aliphatic rings. The lowest BCUT2D eigenvalue weighted by Gasteiger charge is -2.39. The van der Waals surface area contributed by atoms with E-state index in [1.54, 1.807) is 0 Å². The van der Waals surface area contributed by atoms with Gasteiger partial charge < -0.3 is 16.0 Å². The Hall–Kier alpha value is -1.76. The number of benzene rings is 1. The van der Waals surface area contributed by atoms with Gasteiger partial charge in [0, 0.05) is 25.3 Å². The molecule has 0 saturated carbocycles. The normalized spacial score (nSPS) is 15.8. The second-order valence-electron chi connectivity index (χ2n) is 4.69. The molecule has 0 spiro atoms. The summed E-state index contributed by atoms with van der Waals surface area (Å²) in [5.74, 6) is -1.07. The maximum absolute atomic E-state index is 13.0. The second kappa shape index (κ2) is 5.32. The Morgan fingerprint density at radius 2 is 2.10 bits per heavy atom. The zero-order valence-electron chi connectivity index (χ0n) is 11.0. The Morgan fingerprint density at radius 1 is 1.45 bits per heavy atom. The van der Waals surface area contributed by atoms with Gasteiger partial charge in [-0.3, -0.25) is 4.79 Å². The smallest absolute Gasteiger partial charge is 0.366 e. The molecule has 110 valence electrons. The molecule has 0 unspecified atom stereocenters. The van der Waals surface area contributed by atoms with Crippen molar-refractivity contribution in [1.82, 2.24) is 5.32 Å². The van der Waals surface area contributed by atoms with E-state index in [-0.39, 0.29) is 6.04 Å². The topological polar surface area (TPSA) is 58.4 Å². The molecule has 1 aliphatic heterocycles. The molecule has 20 heavy (non-hydrogen) atoms. The number of hydrogen-bond donors (Lipinski definition) is 2.